The number of hydrogen-bond acceptors (Lipinski definition) is 3. The van der Waals surface area contributed by atoms with Gasteiger partial charge in [0.05, 0.1) is 0 Å². The Hall–Kier alpha value is -1.85. The Labute approximate surface area is 125 Å². The van der Waals surface area contributed by atoms with Gasteiger partial charge in [0.1, 0.15) is 0 Å². The molecule has 1 heterocycles. The van der Waals surface area contributed by atoms with Crippen LogP contribution in [0.5, 0.6) is 0 Å². The zero-order chi connectivity index (χ0) is 14.4. The third kappa shape index (κ3) is 4.36. The van der Waals surface area contributed by atoms with Gasteiger partial charge >= 0.3 is 11.8 Å². The molecular weight excluding hydrogens is 296 g/mol. The Morgan fingerprint density at radius 2 is 1.55 bits per heavy atom. The van der Waals surface area contributed by atoms with Gasteiger partial charge in [0.2, 0.25) is 0 Å². The number of nitrogens with one attached hydrogen (secondary N) is 2. The van der Waals surface area contributed by atoms with Crippen molar-refractivity contribution in [1.82, 2.24) is 10.6 Å². The highest BCUT2D eigenvalue weighted by Gasteiger charge is 2.12. The molecule has 0 bridgehead atoms. The van der Waals surface area contributed by atoms with Crippen LogP contribution in [0, 0.1) is 0 Å². The van der Waals surface area contributed by atoms with Gasteiger partial charge in [-0.05, 0) is 40.1 Å². The Morgan fingerprint density at radius 1 is 0.950 bits per heavy atom. The van der Waals surface area contributed by atoms with E-state index in [-0.39, 0.29) is 0 Å². The molecule has 1 aromatic carbocycles. The summed E-state index contributed by atoms with van der Waals surface area (Å²) in [5.74, 6) is -1.28. The molecular formula is C14H13ClN2O2S. The number of hydrogen-bond donors (Lipinski definition) is 2. The van der Waals surface area contributed by atoms with Crippen molar-refractivity contribution in [2.45, 2.75) is 13.1 Å². The number of amides is 2. The average Bonchev–Trinajstić information content (AvgIpc) is 2.97. The minimum atomic E-state index is -0.643. The van der Waals surface area contributed by atoms with Crippen molar-refractivity contribution in [3.05, 3.63) is 57.2 Å². The molecule has 0 saturated heterocycles. The predicted octanol–water partition coefficient (Wildman–Crippen LogP) is 2.33. The van der Waals surface area contributed by atoms with Gasteiger partial charge < -0.3 is 10.6 Å². The number of halogens is 1. The molecule has 2 aromatic rings. The second kappa shape index (κ2) is 7.07. The molecule has 1 aromatic heterocycles. The van der Waals surface area contributed by atoms with Crippen molar-refractivity contribution in [1.29, 1.82) is 0 Å². The fourth-order valence-electron chi connectivity index (χ4n) is 1.52. The predicted molar refractivity (Wildman–Crippen MR) is 79.5 cm³/mol. The molecule has 104 valence electrons. The van der Waals surface area contributed by atoms with Gasteiger partial charge in [-0.15, -0.1) is 0 Å². The third-order valence-electron chi connectivity index (χ3n) is 2.61. The molecule has 0 aliphatic rings. The summed E-state index contributed by atoms with van der Waals surface area (Å²) in [6.45, 7) is 0.651. The molecule has 2 rings (SSSR count). The quantitative estimate of drug-likeness (QED) is 0.852. The van der Waals surface area contributed by atoms with Gasteiger partial charge in [-0.3, -0.25) is 9.59 Å². The Morgan fingerprint density at radius 3 is 2.10 bits per heavy atom. The molecule has 2 amide bonds. The van der Waals surface area contributed by atoms with Gasteiger partial charge in [-0.2, -0.15) is 11.3 Å². The standard InChI is InChI=1S/C14H13ClN2O2S/c15-12-3-1-10(2-4-12)7-16-13(18)14(19)17-8-11-5-6-20-9-11/h1-6,9H,7-8H2,(H,16,18)(H,17,19). The van der Waals surface area contributed by atoms with Crippen molar-refractivity contribution in [2.75, 3.05) is 0 Å². The van der Waals surface area contributed by atoms with Gasteiger partial charge in [0.15, 0.2) is 0 Å². The number of thiophene rings is 1. The van der Waals surface area contributed by atoms with Crippen molar-refractivity contribution in [3.63, 3.8) is 0 Å². The number of rotatable bonds is 4. The van der Waals surface area contributed by atoms with Gasteiger partial charge in [-0.25, -0.2) is 0 Å². The first-order chi connectivity index (χ1) is 9.65. The van der Waals surface area contributed by atoms with Crippen LogP contribution < -0.4 is 10.6 Å². The van der Waals surface area contributed by atoms with E-state index in [0.29, 0.717) is 18.1 Å². The summed E-state index contributed by atoms with van der Waals surface area (Å²) in [6.07, 6.45) is 0. The topological polar surface area (TPSA) is 58.2 Å². The van der Waals surface area contributed by atoms with Gasteiger partial charge in [0, 0.05) is 18.1 Å². The summed E-state index contributed by atoms with van der Waals surface area (Å²) in [4.78, 5) is 23.2. The van der Waals surface area contributed by atoms with E-state index in [9.17, 15) is 9.59 Å². The highest BCUT2D eigenvalue weighted by molar-refractivity contribution is 7.07. The second-order valence-corrected chi connectivity index (χ2v) is 5.34. The van der Waals surface area contributed by atoms with Crippen LogP contribution in [0.2, 0.25) is 5.02 Å². The van der Waals surface area contributed by atoms with E-state index in [1.54, 1.807) is 35.6 Å². The van der Waals surface area contributed by atoms with E-state index in [2.05, 4.69) is 10.6 Å². The number of carbonyl (C=O) groups is 2. The third-order valence-corrected chi connectivity index (χ3v) is 3.59. The zero-order valence-corrected chi connectivity index (χ0v) is 12.1. The number of benzene rings is 1. The Kier molecular flexibility index (Phi) is 5.15. The highest BCUT2D eigenvalue weighted by Crippen LogP contribution is 2.09. The van der Waals surface area contributed by atoms with Crippen LogP contribution in [0.15, 0.2) is 41.1 Å². The van der Waals surface area contributed by atoms with E-state index in [1.165, 1.54) is 0 Å². The van der Waals surface area contributed by atoms with Crippen LogP contribution in [-0.2, 0) is 22.7 Å². The van der Waals surface area contributed by atoms with Gasteiger partial charge in [-0.1, -0.05) is 23.7 Å². The van der Waals surface area contributed by atoms with Crippen molar-refractivity contribution < 1.29 is 9.59 Å². The monoisotopic (exact) mass is 308 g/mol. The van der Waals surface area contributed by atoms with E-state index in [0.717, 1.165) is 11.1 Å². The van der Waals surface area contributed by atoms with Crippen LogP contribution in [0.1, 0.15) is 11.1 Å². The van der Waals surface area contributed by atoms with Gasteiger partial charge in [0.25, 0.3) is 0 Å². The summed E-state index contributed by atoms with van der Waals surface area (Å²) >= 11 is 7.31. The molecule has 0 fully saturated rings. The van der Waals surface area contributed by atoms with Crippen molar-refractivity contribution in [3.8, 4) is 0 Å². The van der Waals surface area contributed by atoms with Crippen LogP contribution in [0.3, 0.4) is 0 Å². The first kappa shape index (κ1) is 14.6. The number of carbonyl (C=O) groups excluding carboxylic acids is 2. The lowest BCUT2D eigenvalue weighted by molar-refractivity contribution is -0.139. The lowest BCUT2D eigenvalue weighted by Crippen LogP contribution is -2.39. The summed E-state index contributed by atoms with van der Waals surface area (Å²) in [5, 5.41) is 9.60. The SMILES string of the molecule is O=C(NCc1ccc(Cl)cc1)C(=O)NCc1ccsc1. The highest BCUT2D eigenvalue weighted by atomic mass is 35.5. The maximum absolute atomic E-state index is 11.6. The van der Waals surface area contributed by atoms with Crippen LogP contribution in [0.4, 0.5) is 0 Å². The van der Waals surface area contributed by atoms with E-state index in [1.807, 2.05) is 16.8 Å². The first-order valence-corrected chi connectivity index (χ1v) is 7.29. The molecule has 0 radical (unpaired) electrons. The Bertz CT molecular complexity index is 582. The molecule has 0 saturated carbocycles. The minimum Gasteiger partial charge on any atom is -0.344 e. The van der Waals surface area contributed by atoms with Crippen LogP contribution >= 0.6 is 22.9 Å². The molecule has 0 aliphatic heterocycles. The van der Waals surface area contributed by atoms with E-state index in [4.69, 9.17) is 11.6 Å². The average molecular weight is 309 g/mol. The molecule has 4 nitrogen and oxygen atoms in total. The van der Waals surface area contributed by atoms with Crippen LogP contribution in [0.25, 0.3) is 0 Å². The van der Waals surface area contributed by atoms with Crippen LogP contribution in [-0.4, -0.2) is 11.8 Å². The van der Waals surface area contributed by atoms with E-state index >= 15 is 0 Å². The summed E-state index contributed by atoms with van der Waals surface area (Å²) in [7, 11) is 0. The smallest absolute Gasteiger partial charge is 0.309 e. The molecule has 6 heteroatoms. The maximum atomic E-state index is 11.6. The lowest BCUT2D eigenvalue weighted by atomic mass is 10.2. The lowest BCUT2D eigenvalue weighted by Gasteiger charge is -2.06. The zero-order valence-electron chi connectivity index (χ0n) is 10.6. The fourth-order valence-corrected chi connectivity index (χ4v) is 2.32. The molecule has 0 aliphatic carbocycles. The largest absolute Gasteiger partial charge is 0.344 e. The molecule has 0 atom stereocenters. The first-order valence-electron chi connectivity index (χ1n) is 5.96. The maximum Gasteiger partial charge on any atom is 0.309 e. The molecule has 0 spiro atoms. The molecule has 0 unspecified atom stereocenters. The van der Waals surface area contributed by atoms with Crippen molar-refractivity contribution in [2.24, 2.45) is 0 Å². The minimum absolute atomic E-state index is 0.294. The Balaban J connectivity index is 1.76. The van der Waals surface area contributed by atoms with Crippen molar-refractivity contribution >= 4 is 34.8 Å². The summed E-state index contributed by atoms with van der Waals surface area (Å²) < 4.78 is 0. The molecule has 2 N–H and O–H groups in total. The van der Waals surface area contributed by atoms with E-state index < -0.39 is 11.8 Å². The fraction of sp³-hybridized carbons (Fsp3) is 0.143. The second-order valence-electron chi connectivity index (χ2n) is 4.12. The summed E-state index contributed by atoms with van der Waals surface area (Å²) in [5.41, 5.74) is 1.86. The summed E-state index contributed by atoms with van der Waals surface area (Å²) in [6, 6.07) is 8.97. The normalized spacial score (nSPS) is 10.1. The molecule has 20 heavy (non-hydrogen) atoms.